The van der Waals surface area contributed by atoms with E-state index in [1.54, 1.807) is 19.4 Å². The first-order valence-electron chi connectivity index (χ1n) is 8.97. The number of hydrogen-bond acceptors (Lipinski definition) is 5. The summed E-state index contributed by atoms with van der Waals surface area (Å²) >= 11 is 5.80. The fraction of sp³-hybridized carbons (Fsp3) is 0.143. The van der Waals surface area contributed by atoms with Crippen LogP contribution in [0, 0.1) is 0 Å². The number of ether oxygens (including phenoxy) is 2. The predicted molar refractivity (Wildman–Crippen MR) is 127 cm³/mol. The molecular formula is C21H21Cl3N4O3. The number of methoxy groups -OCH3 is 1. The smallest absolute Gasteiger partial charge is 0.323 e. The van der Waals surface area contributed by atoms with E-state index in [2.05, 4.69) is 20.3 Å². The molecule has 0 fully saturated rings. The van der Waals surface area contributed by atoms with Crippen LogP contribution in [0.5, 0.6) is 11.5 Å². The fourth-order valence-corrected chi connectivity index (χ4v) is 3.05. The molecule has 4 rings (SSSR count). The minimum atomic E-state index is -0.216. The number of halogens is 3. The molecule has 2 aromatic carbocycles. The Bertz CT molecular complexity index is 1190. The number of hydrogen-bond donors (Lipinski definition) is 3. The van der Waals surface area contributed by atoms with Gasteiger partial charge in [0.05, 0.1) is 18.1 Å². The van der Waals surface area contributed by atoms with Crippen LogP contribution >= 0.6 is 36.4 Å². The van der Waals surface area contributed by atoms with Gasteiger partial charge in [-0.3, -0.25) is 0 Å². The maximum atomic E-state index is 11.4. The third-order valence-corrected chi connectivity index (χ3v) is 4.65. The SMILES string of the molecule is COc1cc(CNc2ccc3[nH]c(=O)[nH]c3c2)ccc1OCc1ccc(Cl)nc1.Cl.Cl. The van der Waals surface area contributed by atoms with Crippen molar-refractivity contribution < 1.29 is 9.47 Å². The summed E-state index contributed by atoms with van der Waals surface area (Å²) in [5.41, 5.74) is 4.18. The van der Waals surface area contributed by atoms with Crippen molar-refractivity contribution in [1.82, 2.24) is 15.0 Å². The molecule has 3 N–H and O–H groups in total. The summed E-state index contributed by atoms with van der Waals surface area (Å²) in [6.07, 6.45) is 1.68. The third-order valence-electron chi connectivity index (χ3n) is 4.42. The molecule has 4 aromatic rings. The van der Waals surface area contributed by atoms with Gasteiger partial charge in [0, 0.05) is 24.0 Å². The summed E-state index contributed by atoms with van der Waals surface area (Å²) in [5, 5.41) is 3.79. The normalized spacial score (nSPS) is 10.1. The number of nitrogens with one attached hydrogen (secondary N) is 3. The van der Waals surface area contributed by atoms with Gasteiger partial charge in [-0.05, 0) is 42.0 Å². The van der Waals surface area contributed by atoms with Crippen LogP contribution in [0.1, 0.15) is 11.1 Å². The Labute approximate surface area is 196 Å². The zero-order chi connectivity index (χ0) is 20.2. The Kier molecular flexibility index (Phi) is 8.62. The Balaban J connectivity index is 0.00000171. The summed E-state index contributed by atoms with van der Waals surface area (Å²) < 4.78 is 11.3. The van der Waals surface area contributed by atoms with Gasteiger partial charge in [0.25, 0.3) is 0 Å². The maximum Gasteiger partial charge on any atom is 0.323 e. The van der Waals surface area contributed by atoms with Crippen LogP contribution < -0.4 is 20.5 Å². The number of benzene rings is 2. The topological polar surface area (TPSA) is 92.0 Å². The van der Waals surface area contributed by atoms with Gasteiger partial charge < -0.3 is 24.8 Å². The summed E-state index contributed by atoms with van der Waals surface area (Å²) in [7, 11) is 1.61. The number of aromatic nitrogens is 3. The van der Waals surface area contributed by atoms with Crippen molar-refractivity contribution in [2.75, 3.05) is 12.4 Å². The van der Waals surface area contributed by atoms with Crippen molar-refractivity contribution in [3.63, 3.8) is 0 Å². The molecule has 0 amide bonds. The zero-order valence-electron chi connectivity index (χ0n) is 16.5. The van der Waals surface area contributed by atoms with Gasteiger partial charge in [-0.25, -0.2) is 9.78 Å². The average molecular weight is 484 g/mol. The molecule has 0 spiro atoms. The Morgan fingerprint density at radius 3 is 2.48 bits per heavy atom. The Morgan fingerprint density at radius 2 is 1.74 bits per heavy atom. The fourth-order valence-electron chi connectivity index (χ4n) is 2.94. The van der Waals surface area contributed by atoms with Crippen LogP contribution in [0.3, 0.4) is 0 Å². The lowest BCUT2D eigenvalue weighted by molar-refractivity contribution is 0.284. The second-order valence-electron chi connectivity index (χ2n) is 6.46. The van der Waals surface area contributed by atoms with Crippen LogP contribution in [0.2, 0.25) is 5.15 Å². The molecule has 0 bridgehead atoms. The highest BCUT2D eigenvalue weighted by Gasteiger charge is 2.07. The molecule has 2 heterocycles. The van der Waals surface area contributed by atoms with Crippen LogP contribution in [0.25, 0.3) is 11.0 Å². The summed E-state index contributed by atoms with van der Waals surface area (Å²) in [6.45, 7) is 0.963. The molecule has 0 saturated heterocycles. The second kappa shape index (κ2) is 10.9. The van der Waals surface area contributed by atoms with Crippen LogP contribution in [-0.4, -0.2) is 22.1 Å². The molecule has 0 aliphatic rings. The number of imidazole rings is 1. The van der Waals surface area contributed by atoms with E-state index in [9.17, 15) is 4.79 Å². The summed E-state index contributed by atoms with van der Waals surface area (Å²) in [4.78, 5) is 20.9. The molecule has 7 nitrogen and oxygen atoms in total. The third kappa shape index (κ3) is 6.07. The van der Waals surface area contributed by atoms with E-state index in [-0.39, 0.29) is 30.5 Å². The quantitative estimate of drug-likeness (QED) is 0.324. The van der Waals surface area contributed by atoms with Gasteiger partial charge in [-0.1, -0.05) is 23.7 Å². The van der Waals surface area contributed by atoms with Crippen molar-refractivity contribution in [3.05, 3.63) is 81.5 Å². The number of H-pyrrole nitrogens is 2. The lowest BCUT2D eigenvalue weighted by atomic mass is 10.2. The summed E-state index contributed by atoms with van der Waals surface area (Å²) in [5.74, 6) is 1.30. The van der Waals surface area contributed by atoms with Crippen molar-refractivity contribution in [2.45, 2.75) is 13.2 Å². The number of aromatic amines is 2. The van der Waals surface area contributed by atoms with E-state index in [1.807, 2.05) is 42.5 Å². The lowest BCUT2D eigenvalue weighted by Crippen LogP contribution is -2.02. The van der Waals surface area contributed by atoms with Crippen molar-refractivity contribution >= 4 is 53.1 Å². The van der Waals surface area contributed by atoms with Crippen molar-refractivity contribution in [3.8, 4) is 11.5 Å². The highest BCUT2D eigenvalue weighted by atomic mass is 35.5. The van der Waals surface area contributed by atoms with Gasteiger partial charge in [-0.2, -0.15) is 0 Å². The van der Waals surface area contributed by atoms with E-state index in [4.69, 9.17) is 21.1 Å². The second-order valence-corrected chi connectivity index (χ2v) is 6.84. The van der Waals surface area contributed by atoms with Crippen LogP contribution in [-0.2, 0) is 13.2 Å². The lowest BCUT2D eigenvalue weighted by Gasteiger charge is -2.13. The van der Waals surface area contributed by atoms with Crippen LogP contribution in [0.4, 0.5) is 5.69 Å². The molecule has 164 valence electrons. The number of rotatable bonds is 7. The maximum absolute atomic E-state index is 11.4. The van der Waals surface area contributed by atoms with Gasteiger partial charge in [-0.15, -0.1) is 24.8 Å². The molecule has 0 radical (unpaired) electrons. The summed E-state index contributed by atoms with van der Waals surface area (Å²) in [6, 6.07) is 15.1. The minimum Gasteiger partial charge on any atom is -0.493 e. The molecule has 2 aromatic heterocycles. The number of fused-ring (bicyclic) bond motifs is 1. The monoisotopic (exact) mass is 482 g/mol. The molecule has 0 aliphatic carbocycles. The Morgan fingerprint density at radius 1 is 0.968 bits per heavy atom. The van der Waals surface area contributed by atoms with Crippen molar-refractivity contribution in [2.24, 2.45) is 0 Å². The predicted octanol–water partition coefficient (Wildman–Crippen LogP) is 4.95. The molecule has 0 saturated carbocycles. The number of pyridine rings is 1. The van der Waals surface area contributed by atoms with Gasteiger partial charge in [0.2, 0.25) is 0 Å². The molecule has 10 heteroatoms. The average Bonchev–Trinajstić information content (AvgIpc) is 3.11. The van der Waals surface area contributed by atoms with E-state index >= 15 is 0 Å². The van der Waals surface area contributed by atoms with E-state index < -0.39 is 0 Å². The first-order chi connectivity index (χ1) is 14.1. The van der Waals surface area contributed by atoms with Gasteiger partial charge >= 0.3 is 5.69 Å². The molecular weight excluding hydrogens is 463 g/mol. The molecule has 0 aliphatic heterocycles. The molecule has 0 atom stereocenters. The van der Waals surface area contributed by atoms with E-state index in [0.29, 0.717) is 29.8 Å². The zero-order valence-corrected chi connectivity index (χ0v) is 18.9. The van der Waals surface area contributed by atoms with Gasteiger partial charge in [0.1, 0.15) is 11.8 Å². The largest absolute Gasteiger partial charge is 0.493 e. The first kappa shape index (κ1) is 24.4. The van der Waals surface area contributed by atoms with E-state index in [1.165, 1.54) is 0 Å². The Hall–Kier alpha value is -2.87. The molecule has 0 unspecified atom stereocenters. The molecule has 31 heavy (non-hydrogen) atoms. The van der Waals surface area contributed by atoms with Gasteiger partial charge in [0.15, 0.2) is 11.5 Å². The van der Waals surface area contributed by atoms with E-state index in [0.717, 1.165) is 27.8 Å². The highest BCUT2D eigenvalue weighted by Crippen LogP contribution is 2.29. The standard InChI is InChI=1S/C21H19ClN4O3.2ClH/c1-28-19-8-13(2-6-18(19)29-12-14-3-7-20(22)24-11-14)10-23-15-4-5-16-17(9-15)26-21(27)25-16;;/h2-9,11,23H,10,12H2,1H3,(H2,25,26,27);2*1H. The minimum absolute atomic E-state index is 0. The number of nitrogens with zero attached hydrogens (tertiary/aromatic N) is 1. The first-order valence-corrected chi connectivity index (χ1v) is 9.34. The number of anilines is 1. The van der Waals surface area contributed by atoms with Crippen molar-refractivity contribution in [1.29, 1.82) is 0 Å². The van der Waals surface area contributed by atoms with Crippen LogP contribution in [0.15, 0.2) is 59.5 Å². The highest BCUT2D eigenvalue weighted by molar-refractivity contribution is 6.29.